The van der Waals surface area contributed by atoms with Gasteiger partial charge in [0.25, 0.3) is 5.56 Å². The lowest BCUT2D eigenvalue weighted by atomic mass is 10.2. The minimum absolute atomic E-state index is 0.167. The van der Waals surface area contributed by atoms with E-state index in [1.54, 1.807) is 6.20 Å². The zero-order chi connectivity index (χ0) is 12.3. The van der Waals surface area contributed by atoms with Crippen molar-refractivity contribution in [2.24, 2.45) is 0 Å². The first-order valence-corrected chi connectivity index (χ1v) is 5.83. The van der Waals surface area contributed by atoms with Gasteiger partial charge < -0.3 is 15.2 Å². The third kappa shape index (κ3) is 3.04. The van der Waals surface area contributed by atoms with Crippen molar-refractivity contribution in [2.45, 2.75) is 6.04 Å². The Labute approximate surface area is 101 Å². The molecule has 2 N–H and O–H groups in total. The van der Waals surface area contributed by atoms with Crippen molar-refractivity contribution in [3.63, 3.8) is 0 Å². The Balaban J connectivity index is 1.93. The molecule has 1 aliphatic rings. The van der Waals surface area contributed by atoms with E-state index in [-0.39, 0.29) is 5.56 Å². The van der Waals surface area contributed by atoms with Gasteiger partial charge in [0.2, 0.25) is 0 Å². The molecule has 2 rings (SSSR count). The number of anilines is 1. The second kappa shape index (κ2) is 5.29. The van der Waals surface area contributed by atoms with E-state index in [9.17, 15) is 4.79 Å². The molecule has 1 aliphatic heterocycles. The van der Waals surface area contributed by atoms with Gasteiger partial charge in [0.1, 0.15) is 0 Å². The fourth-order valence-corrected chi connectivity index (χ4v) is 2.01. The summed E-state index contributed by atoms with van der Waals surface area (Å²) in [6, 6.07) is 0.412. The Hall–Kier alpha value is -1.40. The van der Waals surface area contributed by atoms with Crippen molar-refractivity contribution in [2.75, 3.05) is 45.6 Å². The van der Waals surface area contributed by atoms with Gasteiger partial charge in [-0.05, 0) is 14.1 Å². The molecule has 17 heavy (non-hydrogen) atoms. The molecular weight excluding hydrogens is 218 g/mol. The predicted molar refractivity (Wildman–Crippen MR) is 67.3 cm³/mol. The third-order valence-corrected chi connectivity index (χ3v) is 3.19. The van der Waals surface area contributed by atoms with Gasteiger partial charge in [-0.1, -0.05) is 0 Å². The molecule has 6 nitrogen and oxygen atoms in total. The largest absolute Gasteiger partial charge is 0.364 e. The number of rotatable bonds is 3. The second-order valence-electron chi connectivity index (χ2n) is 4.54. The predicted octanol–water partition coefficient (Wildman–Crippen LogP) is -0.572. The second-order valence-corrected chi connectivity index (χ2v) is 4.54. The summed E-state index contributed by atoms with van der Waals surface area (Å²) in [6.07, 6.45) is 3.12. The SMILES string of the molecule is CN1CCN(C)C(CNc2ncc[nH]c2=O)C1. The van der Waals surface area contributed by atoms with E-state index in [1.807, 2.05) is 0 Å². The number of nitrogens with one attached hydrogen (secondary N) is 2. The highest BCUT2D eigenvalue weighted by atomic mass is 16.1. The van der Waals surface area contributed by atoms with E-state index in [0.29, 0.717) is 11.9 Å². The van der Waals surface area contributed by atoms with Crippen LogP contribution < -0.4 is 10.9 Å². The molecule has 1 atom stereocenters. The summed E-state index contributed by atoms with van der Waals surface area (Å²) in [5.74, 6) is 0.397. The molecule has 0 radical (unpaired) electrons. The van der Waals surface area contributed by atoms with Gasteiger partial charge in [-0.2, -0.15) is 0 Å². The smallest absolute Gasteiger partial charge is 0.290 e. The van der Waals surface area contributed by atoms with Gasteiger partial charge in [-0.15, -0.1) is 0 Å². The maximum atomic E-state index is 11.4. The molecule has 0 aliphatic carbocycles. The van der Waals surface area contributed by atoms with Crippen LogP contribution in [0.5, 0.6) is 0 Å². The molecule has 1 fully saturated rings. The molecule has 1 saturated heterocycles. The Bertz CT molecular complexity index is 418. The van der Waals surface area contributed by atoms with Crippen LogP contribution in [0.2, 0.25) is 0 Å². The highest BCUT2D eigenvalue weighted by Gasteiger charge is 2.21. The topological polar surface area (TPSA) is 64.3 Å². The number of aromatic amines is 1. The van der Waals surface area contributed by atoms with Crippen LogP contribution in [-0.2, 0) is 0 Å². The quantitative estimate of drug-likeness (QED) is 0.737. The minimum atomic E-state index is -0.167. The average Bonchev–Trinajstić information content (AvgIpc) is 2.32. The van der Waals surface area contributed by atoms with Crippen LogP contribution in [0.1, 0.15) is 0 Å². The van der Waals surface area contributed by atoms with Gasteiger partial charge in [-0.25, -0.2) is 4.98 Å². The highest BCUT2D eigenvalue weighted by Crippen LogP contribution is 2.06. The van der Waals surface area contributed by atoms with Gasteiger partial charge >= 0.3 is 0 Å². The Morgan fingerprint density at radius 3 is 3.12 bits per heavy atom. The van der Waals surface area contributed by atoms with Crippen molar-refractivity contribution in [1.82, 2.24) is 19.8 Å². The Morgan fingerprint density at radius 2 is 2.35 bits per heavy atom. The molecule has 1 unspecified atom stereocenters. The molecule has 1 aromatic rings. The van der Waals surface area contributed by atoms with E-state index in [0.717, 1.165) is 26.2 Å². The van der Waals surface area contributed by atoms with Crippen molar-refractivity contribution in [1.29, 1.82) is 0 Å². The molecule has 94 valence electrons. The lowest BCUT2D eigenvalue weighted by Crippen LogP contribution is -2.52. The zero-order valence-corrected chi connectivity index (χ0v) is 10.3. The van der Waals surface area contributed by atoms with Crippen LogP contribution in [0.3, 0.4) is 0 Å². The van der Waals surface area contributed by atoms with Crippen molar-refractivity contribution < 1.29 is 0 Å². The van der Waals surface area contributed by atoms with Crippen LogP contribution in [0, 0.1) is 0 Å². The van der Waals surface area contributed by atoms with E-state index in [2.05, 4.69) is 39.2 Å². The number of nitrogens with zero attached hydrogens (tertiary/aromatic N) is 3. The third-order valence-electron chi connectivity index (χ3n) is 3.19. The summed E-state index contributed by atoms with van der Waals surface area (Å²) < 4.78 is 0. The van der Waals surface area contributed by atoms with Crippen LogP contribution in [0.4, 0.5) is 5.82 Å². The number of aromatic nitrogens is 2. The van der Waals surface area contributed by atoms with Crippen LogP contribution in [0.15, 0.2) is 17.2 Å². The van der Waals surface area contributed by atoms with Crippen molar-refractivity contribution in [3.05, 3.63) is 22.7 Å². The van der Waals surface area contributed by atoms with E-state index in [4.69, 9.17) is 0 Å². The lowest BCUT2D eigenvalue weighted by Gasteiger charge is -2.37. The summed E-state index contributed by atoms with van der Waals surface area (Å²) >= 11 is 0. The summed E-state index contributed by atoms with van der Waals surface area (Å²) in [4.78, 5) is 22.7. The minimum Gasteiger partial charge on any atom is -0.364 e. The monoisotopic (exact) mass is 237 g/mol. The Kier molecular flexibility index (Phi) is 3.75. The molecule has 0 aromatic carbocycles. The highest BCUT2D eigenvalue weighted by molar-refractivity contribution is 5.30. The summed E-state index contributed by atoms with van der Waals surface area (Å²) in [6.45, 7) is 3.90. The van der Waals surface area contributed by atoms with Gasteiger partial charge in [0.15, 0.2) is 5.82 Å². The molecular formula is C11H19N5O. The molecule has 1 aromatic heterocycles. The first kappa shape index (κ1) is 12.1. The maximum absolute atomic E-state index is 11.4. The van der Waals surface area contributed by atoms with Gasteiger partial charge in [0, 0.05) is 44.6 Å². The number of H-pyrrole nitrogens is 1. The fourth-order valence-electron chi connectivity index (χ4n) is 2.01. The van der Waals surface area contributed by atoms with E-state index in [1.165, 1.54) is 6.20 Å². The first-order chi connectivity index (χ1) is 8.16. The molecule has 0 amide bonds. The van der Waals surface area contributed by atoms with Crippen molar-refractivity contribution in [3.8, 4) is 0 Å². The lowest BCUT2D eigenvalue weighted by molar-refractivity contribution is 0.122. The van der Waals surface area contributed by atoms with Gasteiger partial charge in [0.05, 0.1) is 0 Å². The van der Waals surface area contributed by atoms with Crippen LogP contribution >= 0.6 is 0 Å². The summed E-state index contributed by atoms with van der Waals surface area (Å²) in [5, 5.41) is 3.11. The number of hydrogen-bond donors (Lipinski definition) is 2. The standard InChI is InChI=1S/C11H19N5O/c1-15-5-6-16(2)9(8-15)7-14-10-11(17)13-4-3-12-10/h3-4,9H,5-8H2,1-2H3,(H,12,14)(H,13,17). The van der Waals surface area contributed by atoms with Crippen molar-refractivity contribution >= 4 is 5.82 Å². The molecule has 0 spiro atoms. The number of likely N-dealkylation sites (N-methyl/N-ethyl adjacent to an activating group) is 2. The summed E-state index contributed by atoms with van der Waals surface area (Å²) in [5.41, 5.74) is -0.167. The maximum Gasteiger partial charge on any atom is 0.290 e. The molecule has 0 bridgehead atoms. The molecule has 6 heteroatoms. The first-order valence-electron chi connectivity index (χ1n) is 5.83. The van der Waals surface area contributed by atoms with Gasteiger partial charge in [-0.3, -0.25) is 9.69 Å². The summed E-state index contributed by atoms with van der Waals surface area (Å²) in [7, 11) is 4.23. The number of hydrogen-bond acceptors (Lipinski definition) is 5. The molecule has 0 saturated carbocycles. The number of piperazine rings is 1. The van der Waals surface area contributed by atoms with Crippen LogP contribution in [0.25, 0.3) is 0 Å². The van der Waals surface area contributed by atoms with E-state index < -0.39 is 0 Å². The molecule has 2 heterocycles. The zero-order valence-electron chi connectivity index (χ0n) is 10.3. The normalized spacial score (nSPS) is 22.6. The van der Waals surface area contributed by atoms with E-state index >= 15 is 0 Å². The van der Waals surface area contributed by atoms with Crippen LogP contribution in [-0.4, -0.2) is 66.1 Å². The average molecular weight is 237 g/mol. The fraction of sp³-hybridized carbons (Fsp3) is 0.636. The Morgan fingerprint density at radius 1 is 1.53 bits per heavy atom.